The van der Waals surface area contributed by atoms with Crippen molar-refractivity contribution in [3.8, 4) is 0 Å². The van der Waals surface area contributed by atoms with Crippen LogP contribution in [-0.2, 0) is 4.74 Å². The minimum Gasteiger partial charge on any atom is -0.376 e. The lowest BCUT2D eigenvalue weighted by Gasteiger charge is -2.32. The van der Waals surface area contributed by atoms with Crippen molar-refractivity contribution in [2.75, 3.05) is 31.3 Å². The molecule has 0 unspecified atom stereocenters. The van der Waals surface area contributed by atoms with Gasteiger partial charge in [0.2, 0.25) is 10.3 Å². The van der Waals surface area contributed by atoms with Crippen molar-refractivity contribution in [2.45, 2.75) is 36.9 Å². The Hall–Kier alpha value is -0.860. The number of piperidine rings is 1. The van der Waals surface area contributed by atoms with Crippen LogP contribution in [0.1, 0.15) is 25.7 Å². The third-order valence-corrected chi connectivity index (χ3v) is 5.03. The molecule has 116 valence electrons. The molecule has 1 aliphatic heterocycles. The van der Waals surface area contributed by atoms with E-state index in [0.717, 1.165) is 31.9 Å². The van der Waals surface area contributed by atoms with Gasteiger partial charge in [-0.25, -0.2) is 4.79 Å². The monoisotopic (exact) mass is 328 g/mol. The van der Waals surface area contributed by atoms with E-state index in [0.29, 0.717) is 16.8 Å². The first-order chi connectivity index (χ1) is 10.2. The number of amides is 2. The van der Waals surface area contributed by atoms with Gasteiger partial charge < -0.3 is 9.64 Å². The van der Waals surface area contributed by atoms with Gasteiger partial charge in [0, 0.05) is 31.2 Å². The molecular weight excluding hydrogens is 308 g/mol. The zero-order valence-electron chi connectivity index (χ0n) is 12.1. The first-order valence-electron chi connectivity index (χ1n) is 7.30. The number of rotatable bonds is 5. The number of nitrogens with one attached hydrogen (secondary N) is 1. The summed E-state index contributed by atoms with van der Waals surface area (Å²) in [7, 11) is 0. The summed E-state index contributed by atoms with van der Waals surface area (Å²) in [5, 5.41) is 4.08. The van der Waals surface area contributed by atoms with Crippen molar-refractivity contribution in [1.82, 2.24) is 14.3 Å². The van der Waals surface area contributed by atoms with Crippen molar-refractivity contribution in [1.29, 1.82) is 0 Å². The summed E-state index contributed by atoms with van der Waals surface area (Å²) < 4.78 is 10.0. The van der Waals surface area contributed by atoms with E-state index in [1.54, 1.807) is 0 Å². The lowest BCUT2D eigenvalue weighted by atomic mass is 10.1. The predicted octanol–water partition coefficient (Wildman–Crippen LogP) is 2.68. The quantitative estimate of drug-likeness (QED) is 0.842. The van der Waals surface area contributed by atoms with Gasteiger partial charge in [0.05, 0.1) is 6.10 Å². The molecule has 0 bridgehead atoms. The fourth-order valence-corrected chi connectivity index (χ4v) is 3.45. The van der Waals surface area contributed by atoms with Gasteiger partial charge in [-0.05, 0) is 37.9 Å². The van der Waals surface area contributed by atoms with Crippen molar-refractivity contribution in [2.24, 2.45) is 5.92 Å². The van der Waals surface area contributed by atoms with Gasteiger partial charge in [0.25, 0.3) is 0 Å². The third kappa shape index (κ3) is 4.31. The highest BCUT2D eigenvalue weighted by Gasteiger charge is 2.27. The van der Waals surface area contributed by atoms with E-state index in [9.17, 15) is 4.79 Å². The molecule has 0 radical (unpaired) electrons. The predicted molar refractivity (Wildman–Crippen MR) is 84.0 cm³/mol. The number of carbonyl (C=O) groups excluding carboxylic acids is 1. The van der Waals surface area contributed by atoms with E-state index in [4.69, 9.17) is 4.74 Å². The van der Waals surface area contributed by atoms with Crippen LogP contribution in [0.15, 0.2) is 5.16 Å². The molecular formula is C13H20N4O2S2. The SMILES string of the molecule is CSc1nsc(NC(=O)N2CCC[C@@H](OCC3CC3)C2)n1. The fraction of sp³-hybridized carbons (Fsp3) is 0.769. The third-order valence-electron chi connectivity index (χ3n) is 3.73. The molecule has 21 heavy (non-hydrogen) atoms. The van der Waals surface area contributed by atoms with E-state index >= 15 is 0 Å². The topological polar surface area (TPSA) is 67.4 Å². The van der Waals surface area contributed by atoms with Crippen LogP contribution in [0.5, 0.6) is 0 Å². The van der Waals surface area contributed by atoms with E-state index in [1.165, 1.54) is 36.1 Å². The molecule has 1 aromatic heterocycles. The second-order valence-corrected chi connectivity index (χ2v) is 7.03. The number of ether oxygens (including phenoxy) is 1. The van der Waals surface area contributed by atoms with E-state index in [-0.39, 0.29) is 12.1 Å². The Balaban J connectivity index is 1.48. The molecule has 2 heterocycles. The summed E-state index contributed by atoms with van der Waals surface area (Å²) >= 11 is 2.69. The molecule has 2 aliphatic rings. The van der Waals surface area contributed by atoms with Crippen LogP contribution in [0.4, 0.5) is 9.93 Å². The Morgan fingerprint density at radius 2 is 2.38 bits per heavy atom. The number of thioether (sulfide) groups is 1. The van der Waals surface area contributed by atoms with Crippen molar-refractivity contribution >= 4 is 34.5 Å². The fourth-order valence-electron chi connectivity index (χ4n) is 2.33. The minimum absolute atomic E-state index is 0.0986. The van der Waals surface area contributed by atoms with Gasteiger partial charge in [0.15, 0.2) is 0 Å². The van der Waals surface area contributed by atoms with Gasteiger partial charge in [-0.2, -0.15) is 9.36 Å². The Kier molecular flexibility index (Phi) is 4.97. The molecule has 6 nitrogen and oxygen atoms in total. The van der Waals surface area contributed by atoms with E-state index in [1.807, 2.05) is 11.2 Å². The van der Waals surface area contributed by atoms with Crippen molar-refractivity contribution in [3.05, 3.63) is 0 Å². The van der Waals surface area contributed by atoms with Crippen LogP contribution in [0.3, 0.4) is 0 Å². The van der Waals surface area contributed by atoms with Crippen LogP contribution in [-0.4, -0.2) is 52.3 Å². The van der Waals surface area contributed by atoms with E-state index < -0.39 is 0 Å². The van der Waals surface area contributed by atoms with Crippen LogP contribution >= 0.6 is 23.3 Å². The molecule has 1 atom stereocenters. The Morgan fingerprint density at radius 1 is 1.52 bits per heavy atom. The first-order valence-corrected chi connectivity index (χ1v) is 9.29. The highest BCUT2D eigenvalue weighted by molar-refractivity contribution is 7.98. The Bertz CT molecular complexity index is 492. The molecule has 2 fully saturated rings. The average Bonchev–Trinajstić information content (AvgIpc) is 3.24. The smallest absolute Gasteiger partial charge is 0.323 e. The van der Waals surface area contributed by atoms with Crippen LogP contribution in [0.2, 0.25) is 0 Å². The van der Waals surface area contributed by atoms with Crippen LogP contribution < -0.4 is 5.32 Å². The average molecular weight is 328 g/mol. The standard InChI is InChI=1S/C13H20N4O2S2/c1-20-12-14-11(21-16-12)15-13(18)17-6-2-3-10(7-17)19-8-9-4-5-9/h9-10H,2-8H2,1H3,(H,14,15,16,18)/t10-/m1/s1. The number of nitrogens with zero attached hydrogens (tertiary/aromatic N) is 3. The van der Waals surface area contributed by atoms with Gasteiger partial charge in [0.1, 0.15) is 0 Å². The van der Waals surface area contributed by atoms with Gasteiger partial charge in [-0.15, -0.1) is 0 Å². The summed E-state index contributed by atoms with van der Waals surface area (Å²) in [6.07, 6.45) is 6.74. The molecule has 0 spiro atoms. The molecule has 1 aromatic rings. The second kappa shape index (κ2) is 6.93. The number of aromatic nitrogens is 2. The second-order valence-electron chi connectivity index (χ2n) is 5.50. The summed E-state index contributed by atoms with van der Waals surface area (Å²) in [5.41, 5.74) is 0. The first kappa shape index (κ1) is 15.1. The molecule has 3 rings (SSSR count). The normalized spacial score (nSPS) is 22.3. The number of likely N-dealkylation sites (tertiary alicyclic amines) is 1. The zero-order chi connectivity index (χ0) is 14.7. The molecule has 1 saturated heterocycles. The summed E-state index contributed by atoms with van der Waals surface area (Å²) in [5.74, 6) is 0.764. The lowest BCUT2D eigenvalue weighted by Crippen LogP contribution is -2.45. The van der Waals surface area contributed by atoms with Gasteiger partial charge in [-0.1, -0.05) is 11.8 Å². The Morgan fingerprint density at radius 3 is 3.10 bits per heavy atom. The zero-order valence-corrected chi connectivity index (χ0v) is 13.7. The molecule has 0 aromatic carbocycles. The molecule has 1 aliphatic carbocycles. The summed E-state index contributed by atoms with van der Waals surface area (Å²) in [6, 6.07) is -0.0986. The van der Waals surface area contributed by atoms with Gasteiger partial charge in [-0.3, -0.25) is 5.32 Å². The van der Waals surface area contributed by atoms with E-state index in [2.05, 4.69) is 14.7 Å². The maximum Gasteiger partial charge on any atom is 0.323 e. The Labute approximate surface area is 132 Å². The lowest BCUT2D eigenvalue weighted by molar-refractivity contribution is 0.00597. The number of anilines is 1. The molecule has 2 amide bonds. The van der Waals surface area contributed by atoms with Crippen LogP contribution in [0, 0.1) is 5.92 Å². The van der Waals surface area contributed by atoms with Crippen LogP contribution in [0.25, 0.3) is 0 Å². The molecule has 1 N–H and O–H groups in total. The maximum absolute atomic E-state index is 12.3. The highest BCUT2D eigenvalue weighted by Crippen LogP contribution is 2.30. The number of urea groups is 1. The highest BCUT2D eigenvalue weighted by atomic mass is 32.2. The largest absolute Gasteiger partial charge is 0.376 e. The minimum atomic E-state index is -0.0986. The van der Waals surface area contributed by atoms with Crippen molar-refractivity contribution in [3.63, 3.8) is 0 Å². The molecule has 1 saturated carbocycles. The maximum atomic E-state index is 12.3. The van der Waals surface area contributed by atoms with Gasteiger partial charge >= 0.3 is 6.03 Å². The number of carbonyl (C=O) groups is 1. The molecule has 8 heteroatoms. The van der Waals surface area contributed by atoms with Crippen molar-refractivity contribution < 1.29 is 9.53 Å². The summed E-state index contributed by atoms with van der Waals surface area (Å²) in [6.45, 7) is 2.31. The number of hydrogen-bond donors (Lipinski definition) is 1. The summed E-state index contributed by atoms with van der Waals surface area (Å²) in [4.78, 5) is 18.3. The number of hydrogen-bond acceptors (Lipinski definition) is 6.